The monoisotopic (exact) mass is 304 g/mol. The Morgan fingerprint density at radius 2 is 1.93 bits per heavy atom. The maximum atomic E-state index is 13.7. The van der Waals surface area contributed by atoms with Crippen molar-refractivity contribution in [2.24, 2.45) is 0 Å². The van der Waals surface area contributed by atoms with Gasteiger partial charge in [0.15, 0.2) is 0 Å². The van der Waals surface area contributed by atoms with Gasteiger partial charge in [0, 0.05) is 12.0 Å². The van der Waals surface area contributed by atoms with E-state index in [1.165, 1.54) is 0 Å². The molecule has 1 aromatic rings. The van der Waals surface area contributed by atoms with Crippen molar-refractivity contribution in [1.29, 1.82) is 0 Å². The van der Waals surface area contributed by atoms with E-state index in [4.69, 9.17) is 0 Å². The molecular formula is C11H10FIO. The molecule has 1 aliphatic rings. The van der Waals surface area contributed by atoms with E-state index in [9.17, 15) is 9.18 Å². The molecule has 0 amide bonds. The van der Waals surface area contributed by atoms with Crippen LogP contribution in [0.4, 0.5) is 4.39 Å². The smallest absolute Gasteiger partial charge is 0.227 e. The van der Waals surface area contributed by atoms with Gasteiger partial charge in [-0.1, -0.05) is 6.07 Å². The van der Waals surface area contributed by atoms with Crippen LogP contribution in [-0.4, -0.2) is 9.46 Å². The van der Waals surface area contributed by atoms with Gasteiger partial charge in [0.2, 0.25) is 9.46 Å². The lowest BCUT2D eigenvalue weighted by atomic mass is 10.0. The average molecular weight is 304 g/mol. The molecule has 1 aromatic carbocycles. The molecule has 1 nitrogen and oxygen atoms in total. The van der Waals surface area contributed by atoms with E-state index < -0.39 is 3.68 Å². The Morgan fingerprint density at radius 1 is 1.36 bits per heavy atom. The Balaban J connectivity index is 2.61. The van der Waals surface area contributed by atoms with Crippen molar-refractivity contribution < 1.29 is 9.18 Å². The normalized spacial score (nSPS) is 25.3. The summed E-state index contributed by atoms with van der Waals surface area (Å²) in [5.41, 5.74) is 3.57. The Morgan fingerprint density at radius 3 is 2.57 bits per heavy atom. The predicted molar refractivity (Wildman–Crippen MR) is 61.8 cm³/mol. The number of ketones is 1. The molecule has 0 radical (unpaired) electrons. The fourth-order valence-electron chi connectivity index (χ4n) is 1.75. The lowest BCUT2D eigenvalue weighted by Crippen LogP contribution is -2.21. The van der Waals surface area contributed by atoms with Crippen molar-refractivity contribution in [3.05, 3.63) is 34.4 Å². The molecule has 1 aliphatic carbocycles. The molecule has 3 heteroatoms. The van der Waals surface area contributed by atoms with Gasteiger partial charge in [0.25, 0.3) is 0 Å². The van der Waals surface area contributed by atoms with E-state index in [0.29, 0.717) is 5.56 Å². The van der Waals surface area contributed by atoms with E-state index in [1.807, 2.05) is 19.9 Å². The van der Waals surface area contributed by atoms with Gasteiger partial charge >= 0.3 is 0 Å². The van der Waals surface area contributed by atoms with Crippen LogP contribution in [0, 0.1) is 13.8 Å². The Bertz CT molecular complexity index is 424. The zero-order chi connectivity index (χ0) is 10.5. The average Bonchev–Trinajstić information content (AvgIpc) is 2.28. The van der Waals surface area contributed by atoms with E-state index in [0.717, 1.165) is 16.7 Å². The molecule has 0 fully saturated rings. The first-order chi connectivity index (χ1) is 6.42. The summed E-state index contributed by atoms with van der Waals surface area (Å²) < 4.78 is 12.0. The Kier molecular flexibility index (Phi) is 2.17. The number of aryl methyl sites for hydroxylation is 2. The number of fused-ring (bicyclic) bond motifs is 1. The van der Waals surface area contributed by atoms with Gasteiger partial charge in [-0.3, -0.25) is 4.79 Å². The molecule has 14 heavy (non-hydrogen) atoms. The molecule has 1 atom stereocenters. The first-order valence-electron chi connectivity index (χ1n) is 4.44. The minimum atomic E-state index is -1.72. The highest BCUT2D eigenvalue weighted by molar-refractivity contribution is 14.1. The molecule has 0 spiro atoms. The molecule has 0 aliphatic heterocycles. The molecule has 0 bridgehead atoms. The van der Waals surface area contributed by atoms with Gasteiger partial charge < -0.3 is 0 Å². The number of benzene rings is 1. The second kappa shape index (κ2) is 3.02. The molecule has 74 valence electrons. The van der Waals surface area contributed by atoms with E-state index in [1.54, 1.807) is 28.7 Å². The highest BCUT2D eigenvalue weighted by atomic mass is 127. The van der Waals surface area contributed by atoms with Crippen molar-refractivity contribution in [3.8, 4) is 0 Å². The van der Waals surface area contributed by atoms with Crippen LogP contribution < -0.4 is 0 Å². The number of hydrogen-bond acceptors (Lipinski definition) is 1. The van der Waals surface area contributed by atoms with Crippen LogP contribution >= 0.6 is 22.6 Å². The van der Waals surface area contributed by atoms with E-state index >= 15 is 0 Å². The minimum absolute atomic E-state index is 0.211. The summed E-state index contributed by atoms with van der Waals surface area (Å²) in [6.07, 6.45) is 0.211. The third kappa shape index (κ3) is 1.38. The second-order valence-corrected chi connectivity index (χ2v) is 5.51. The number of carbonyl (C=O) groups excluding carboxylic acids is 1. The first kappa shape index (κ1) is 10.1. The van der Waals surface area contributed by atoms with Crippen LogP contribution in [0.2, 0.25) is 0 Å². The molecule has 0 saturated carbocycles. The Hall–Kier alpha value is -0.450. The van der Waals surface area contributed by atoms with Crippen molar-refractivity contribution in [2.45, 2.75) is 23.9 Å². The summed E-state index contributed by atoms with van der Waals surface area (Å²) in [5.74, 6) is -0.379. The number of carbonyl (C=O) groups is 1. The molecule has 0 N–H and O–H groups in total. The number of rotatable bonds is 0. The lowest BCUT2D eigenvalue weighted by Gasteiger charge is -2.05. The Labute approximate surface area is 95.8 Å². The maximum absolute atomic E-state index is 13.7. The fraction of sp³-hybridized carbons (Fsp3) is 0.364. The number of halogens is 2. The van der Waals surface area contributed by atoms with Gasteiger partial charge in [0.1, 0.15) is 0 Å². The zero-order valence-electron chi connectivity index (χ0n) is 8.03. The van der Waals surface area contributed by atoms with Crippen molar-refractivity contribution in [1.82, 2.24) is 0 Å². The first-order valence-corrected chi connectivity index (χ1v) is 5.52. The van der Waals surface area contributed by atoms with Gasteiger partial charge in [0.05, 0.1) is 0 Å². The van der Waals surface area contributed by atoms with Gasteiger partial charge in [-0.2, -0.15) is 0 Å². The molecule has 1 unspecified atom stereocenters. The summed E-state index contributed by atoms with van der Waals surface area (Å²) in [6, 6.07) is 3.72. The van der Waals surface area contributed by atoms with Gasteiger partial charge in [-0.05, 0) is 59.2 Å². The number of hydrogen-bond donors (Lipinski definition) is 0. The van der Waals surface area contributed by atoms with E-state index in [2.05, 4.69) is 0 Å². The third-order valence-corrected chi connectivity index (χ3v) is 3.58. The molecular weight excluding hydrogens is 294 g/mol. The van der Waals surface area contributed by atoms with Crippen molar-refractivity contribution in [3.63, 3.8) is 0 Å². The highest BCUT2D eigenvalue weighted by Crippen LogP contribution is 2.39. The van der Waals surface area contributed by atoms with Crippen molar-refractivity contribution >= 4 is 28.4 Å². The van der Waals surface area contributed by atoms with Crippen LogP contribution in [0.3, 0.4) is 0 Å². The second-order valence-electron chi connectivity index (χ2n) is 3.80. The summed E-state index contributed by atoms with van der Waals surface area (Å²) in [7, 11) is 0. The molecule has 0 saturated heterocycles. The molecule has 0 aromatic heterocycles. The zero-order valence-corrected chi connectivity index (χ0v) is 10.2. The number of Topliss-reactive ketones (excluding diaryl/α,β-unsaturated/α-hetero) is 1. The van der Waals surface area contributed by atoms with Gasteiger partial charge in [-0.15, -0.1) is 0 Å². The minimum Gasteiger partial charge on any atom is -0.290 e. The summed E-state index contributed by atoms with van der Waals surface area (Å²) in [5, 5.41) is 0. The molecule has 2 rings (SSSR count). The lowest BCUT2D eigenvalue weighted by molar-refractivity contribution is 0.0882. The largest absolute Gasteiger partial charge is 0.290 e. The third-order valence-electron chi connectivity index (χ3n) is 2.71. The van der Waals surface area contributed by atoms with E-state index in [-0.39, 0.29) is 12.2 Å². The summed E-state index contributed by atoms with van der Waals surface area (Å²) in [4.78, 5) is 11.6. The molecule has 0 heterocycles. The fourth-order valence-corrected chi connectivity index (χ4v) is 2.45. The highest BCUT2D eigenvalue weighted by Gasteiger charge is 2.43. The van der Waals surface area contributed by atoms with Crippen molar-refractivity contribution in [2.75, 3.05) is 0 Å². The standard InChI is InChI=1S/C11H10FIO/c1-6-3-8-5-11(12,13)10(14)9(8)4-7(6)2/h3-4H,5H2,1-2H3. The van der Waals surface area contributed by atoms with Crippen LogP contribution in [0.25, 0.3) is 0 Å². The van der Waals surface area contributed by atoms with Crippen LogP contribution in [0.5, 0.6) is 0 Å². The number of alkyl halides is 2. The summed E-state index contributed by atoms with van der Waals surface area (Å²) >= 11 is 1.59. The predicted octanol–water partition coefficient (Wildman–Crippen LogP) is 3.14. The quantitative estimate of drug-likeness (QED) is 0.531. The SMILES string of the molecule is Cc1cc2c(cc1C)C(=O)C(F)(I)C2. The van der Waals surface area contributed by atoms with Crippen LogP contribution in [0.15, 0.2) is 12.1 Å². The maximum Gasteiger partial charge on any atom is 0.227 e. The summed E-state index contributed by atoms with van der Waals surface area (Å²) in [6.45, 7) is 3.92. The van der Waals surface area contributed by atoms with Crippen LogP contribution in [0.1, 0.15) is 27.0 Å². The van der Waals surface area contributed by atoms with Gasteiger partial charge in [-0.25, -0.2) is 4.39 Å². The topological polar surface area (TPSA) is 17.1 Å². The van der Waals surface area contributed by atoms with Crippen LogP contribution in [-0.2, 0) is 6.42 Å².